The number of carbonyl (C=O) groups excluding carboxylic acids is 1. The molecule has 5 nitrogen and oxygen atoms in total. The van der Waals surface area contributed by atoms with Crippen molar-refractivity contribution in [2.75, 3.05) is 18.5 Å². The van der Waals surface area contributed by atoms with Gasteiger partial charge < -0.3 is 20.7 Å². The quantitative estimate of drug-likeness (QED) is 0.627. The van der Waals surface area contributed by atoms with E-state index in [1.54, 1.807) is 6.20 Å². The van der Waals surface area contributed by atoms with E-state index in [4.69, 9.17) is 5.11 Å². The first-order valence-electron chi connectivity index (χ1n) is 5.03. The average molecular weight is 219 g/mol. The van der Waals surface area contributed by atoms with Crippen molar-refractivity contribution in [1.29, 1.82) is 0 Å². The Kier molecular flexibility index (Phi) is 3.07. The first-order chi connectivity index (χ1) is 7.81. The van der Waals surface area contributed by atoms with Gasteiger partial charge in [0, 0.05) is 23.6 Å². The summed E-state index contributed by atoms with van der Waals surface area (Å²) >= 11 is 0. The highest BCUT2D eigenvalue weighted by molar-refractivity contribution is 6.00. The van der Waals surface area contributed by atoms with Crippen LogP contribution in [0.3, 0.4) is 0 Å². The lowest BCUT2D eigenvalue weighted by molar-refractivity contribution is 0.245. The molecule has 1 aromatic carbocycles. The summed E-state index contributed by atoms with van der Waals surface area (Å²) < 4.78 is 0. The van der Waals surface area contributed by atoms with Crippen molar-refractivity contribution < 1.29 is 9.90 Å². The van der Waals surface area contributed by atoms with E-state index in [2.05, 4.69) is 15.6 Å². The number of aromatic nitrogens is 1. The van der Waals surface area contributed by atoms with E-state index in [1.807, 2.05) is 24.3 Å². The van der Waals surface area contributed by atoms with Gasteiger partial charge in [0.15, 0.2) is 0 Å². The van der Waals surface area contributed by atoms with Crippen LogP contribution in [0.4, 0.5) is 10.5 Å². The molecule has 4 N–H and O–H groups in total. The second-order valence-electron chi connectivity index (χ2n) is 3.35. The van der Waals surface area contributed by atoms with Crippen LogP contribution in [-0.2, 0) is 0 Å². The lowest BCUT2D eigenvalue weighted by Crippen LogP contribution is -2.30. The summed E-state index contributed by atoms with van der Waals surface area (Å²) in [5, 5.41) is 14.8. The van der Waals surface area contributed by atoms with Crippen LogP contribution in [0.2, 0.25) is 0 Å². The van der Waals surface area contributed by atoms with Crippen molar-refractivity contribution in [1.82, 2.24) is 10.3 Å². The third-order valence-electron chi connectivity index (χ3n) is 2.23. The number of aliphatic hydroxyl groups is 1. The molecule has 0 aliphatic heterocycles. The number of benzene rings is 1. The van der Waals surface area contributed by atoms with E-state index in [9.17, 15) is 4.79 Å². The molecule has 0 saturated heterocycles. The Morgan fingerprint density at radius 2 is 2.19 bits per heavy atom. The number of aliphatic hydroxyl groups excluding tert-OH is 1. The number of rotatable bonds is 3. The minimum Gasteiger partial charge on any atom is -0.395 e. The highest BCUT2D eigenvalue weighted by Gasteiger charge is 2.05. The van der Waals surface area contributed by atoms with E-state index < -0.39 is 0 Å². The molecule has 0 bridgehead atoms. The predicted octanol–water partition coefficient (Wildman–Crippen LogP) is 1.28. The third kappa shape index (κ3) is 2.14. The number of fused-ring (bicyclic) bond motifs is 1. The molecule has 0 saturated carbocycles. The molecular formula is C11H13N3O2. The molecule has 5 heteroatoms. The Morgan fingerprint density at radius 3 is 3.00 bits per heavy atom. The maximum absolute atomic E-state index is 11.4. The Balaban J connectivity index is 2.12. The third-order valence-corrected chi connectivity index (χ3v) is 2.23. The molecule has 1 heterocycles. The number of para-hydroxylation sites is 1. The summed E-state index contributed by atoms with van der Waals surface area (Å²) in [4.78, 5) is 14.4. The van der Waals surface area contributed by atoms with E-state index >= 15 is 0 Å². The molecule has 0 atom stereocenters. The van der Waals surface area contributed by atoms with Gasteiger partial charge in [-0.15, -0.1) is 0 Å². The van der Waals surface area contributed by atoms with Crippen molar-refractivity contribution in [2.24, 2.45) is 0 Å². The van der Waals surface area contributed by atoms with Crippen LogP contribution >= 0.6 is 0 Å². The lowest BCUT2D eigenvalue weighted by atomic mass is 10.2. The number of amides is 2. The maximum Gasteiger partial charge on any atom is 0.319 e. The second-order valence-corrected chi connectivity index (χ2v) is 3.35. The fraction of sp³-hybridized carbons (Fsp3) is 0.182. The number of carbonyl (C=O) groups is 1. The molecule has 0 radical (unpaired) electrons. The molecule has 16 heavy (non-hydrogen) atoms. The molecule has 2 rings (SSSR count). The summed E-state index contributed by atoms with van der Waals surface area (Å²) in [6, 6.07) is 7.37. The van der Waals surface area contributed by atoms with E-state index in [-0.39, 0.29) is 19.2 Å². The first kappa shape index (κ1) is 10.5. The highest BCUT2D eigenvalue weighted by atomic mass is 16.3. The number of hydrogen-bond donors (Lipinski definition) is 4. The van der Waals surface area contributed by atoms with Crippen LogP contribution in [0.25, 0.3) is 10.9 Å². The smallest absolute Gasteiger partial charge is 0.319 e. The molecule has 84 valence electrons. The Labute approximate surface area is 92.5 Å². The van der Waals surface area contributed by atoms with Crippen molar-refractivity contribution in [3.63, 3.8) is 0 Å². The standard InChI is InChI=1S/C11H13N3O2/c15-6-5-12-11(16)14-10-7-13-9-4-2-1-3-8(9)10/h1-4,7,13,15H,5-6H2,(H2,12,14,16). The second kappa shape index (κ2) is 4.67. The van der Waals surface area contributed by atoms with Gasteiger partial charge in [-0.1, -0.05) is 18.2 Å². The molecule has 0 spiro atoms. The summed E-state index contributed by atoms with van der Waals surface area (Å²) in [6.45, 7) is 0.176. The van der Waals surface area contributed by atoms with Gasteiger partial charge >= 0.3 is 6.03 Å². The number of hydrogen-bond acceptors (Lipinski definition) is 2. The van der Waals surface area contributed by atoms with E-state index in [1.165, 1.54) is 0 Å². The zero-order chi connectivity index (χ0) is 11.4. The average Bonchev–Trinajstić information content (AvgIpc) is 2.70. The van der Waals surface area contributed by atoms with Crippen molar-refractivity contribution in [2.45, 2.75) is 0 Å². The Bertz CT molecular complexity index is 493. The van der Waals surface area contributed by atoms with E-state index in [0.717, 1.165) is 16.6 Å². The topological polar surface area (TPSA) is 77.2 Å². The fourth-order valence-electron chi connectivity index (χ4n) is 1.51. The van der Waals surface area contributed by atoms with Crippen molar-refractivity contribution in [3.05, 3.63) is 30.5 Å². The lowest BCUT2D eigenvalue weighted by Gasteiger charge is -2.04. The minimum atomic E-state index is -0.321. The van der Waals surface area contributed by atoms with Gasteiger partial charge in [-0.25, -0.2) is 4.79 Å². The van der Waals surface area contributed by atoms with Gasteiger partial charge in [0.1, 0.15) is 0 Å². The molecule has 0 aliphatic rings. The Hall–Kier alpha value is -2.01. The molecular weight excluding hydrogens is 206 g/mol. The number of H-pyrrole nitrogens is 1. The number of anilines is 1. The number of aromatic amines is 1. The fourth-order valence-corrected chi connectivity index (χ4v) is 1.51. The largest absolute Gasteiger partial charge is 0.395 e. The zero-order valence-corrected chi connectivity index (χ0v) is 8.66. The first-order valence-corrected chi connectivity index (χ1v) is 5.03. The van der Waals surface area contributed by atoms with Crippen LogP contribution in [0.1, 0.15) is 0 Å². The monoisotopic (exact) mass is 219 g/mol. The minimum absolute atomic E-state index is 0.0682. The zero-order valence-electron chi connectivity index (χ0n) is 8.66. The molecule has 2 amide bonds. The summed E-state index contributed by atoms with van der Waals surface area (Å²) in [6.07, 6.45) is 1.74. The van der Waals surface area contributed by atoms with Gasteiger partial charge in [0.05, 0.1) is 12.3 Å². The van der Waals surface area contributed by atoms with Gasteiger partial charge in [-0.05, 0) is 6.07 Å². The Morgan fingerprint density at radius 1 is 1.38 bits per heavy atom. The van der Waals surface area contributed by atoms with Crippen molar-refractivity contribution >= 4 is 22.6 Å². The number of urea groups is 1. The van der Waals surface area contributed by atoms with Crippen LogP contribution < -0.4 is 10.6 Å². The van der Waals surface area contributed by atoms with Crippen molar-refractivity contribution in [3.8, 4) is 0 Å². The van der Waals surface area contributed by atoms with Gasteiger partial charge in [-0.2, -0.15) is 0 Å². The SMILES string of the molecule is O=C(NCCO)Nc1c[nH]c2ccccc12. The molecule has 0 aliphatic carbocycles. The maximum atomic E-state index is 11.4. The van der Waals surface area contributed by atoms with Crippen LogP contribution in [0.5, 0.6) is 0 Å². The van der Waals surface area contributed by atoms with Crippen LogP contribution in [0.15, 0.2) is 30.5 Å². The summed E-state index contributed by atoms with van der Waals surface area (Å²) in [5.74, 6) is 0. The normalized spacial score (nSPS) is 10.3. The van der Waals surface area contributed by atoms with Gasteiger partial charge in [0.25, 0.3) is 0 Å². The number of nitrogens with one attached hydrogen (secondary N) is 3. The molecule has 1 aromatic heterocycles. The van der Waals surface area contributed by atoms with E-state index in [0.29, 0.717) is 0 Å². The molecule has 0 unspecified atom stereocenters. The molecule has 2 aromatic rings. The van der Waals surface area contributed by atoms with Crippen LogP contribution in [0, 0.1) is 0 Å². The predicted molar refractivity (Wildman–Crippen MR) is 62.4 cm³/mol. The van der Waals surface area contributed by atoms with Crippen LogP contribution in [-0.4, -0.2) is 29.3 Å². The highest BCUT2D eigenvalue weighted by Crippen LogP contribution is 2.21. The summed E-state index contributed by atoms with van der Waals surface area (Å²) in [5.41, 5.74) is 1.70. The summed E-state index contributed by atoms with van der Waals surface area (Å²) in [7, 11) is 0. The van der Waals surface area contributed by atoms with Gasteiger partial charge in [0.2, 0.25) is 0 Å². The van der Waals surface area contributed by atoms with Gasteiger partial charge in [-0.3, -0.25) is 0 Å². The molecule has 0 fully saturated rings.